The van der Waals surface area contributed by atoms with Gasteiger partial charge in [-0.15, -0.1) is 9.24 Å². The maximum Gasteiger partial charge on any atom is 0.0705 e. The zero-order valence-corrected chi connectivity index (χ0v) is 8.99. The second-order valence-corrected chi connectivity index (χ2v) is 3.98. The molecule has 1 nitrogen and oxygen atoms in total. The molecule has 1 unspecified atom stereocenters. The normalized spacial score (nSPS) is 10.7. The first-order chi connectivity index (χ1) is 6.16. The molecule has 0 saturated carbocycles. The highest BCUT2D eigenvalue weighted by atomic mass is 31.0. The molecule has 1 heterocycles. The molecule has 0 aliphatic rings. The minimum Gasteiger partial charge on any atom is -0.252 e. The van der Waals surface area contributed by atoms with Crippen molar-refractivity contribution in [2.75, 3.05) is 0 Å². The number of aromatic nitrogens is 1. The first-order valence-electron chi connectivity index (χ1n) is 4.30. The van der Waals surface area contributed by atoms with E-state index in [2.05, 4.69) is 45.4 Å². The van der Waals surface area contributed by atoms with E-state index < -0.39 is 0 Å². The third-order valence-electron chi connectivity index (χ3n) is 2.20. The summed E-state index contributed by atoms with van der Waals surface area (Å²) in [7, 11) is 2.71. The Kier molecular flexibility index (Phi) is 2.05. The highest BCUT2D eigenvalue weighted by Gasteiger charge is 1.98. The molecule has 13 heavy (non-hydrogen) atoms. The number of fused-ring (bicyclic) bond motifs is 1. The van der Waals surface area contributed by atoms with Gasteiger partial charge in [0.05, 0.1) is 5.52 Å². The van der Waals surface area contributed by atoms with Crippen molar-refractivity contribution in [1.82, 2.24) is 4.98 Å². The molecule has 2 rings (SSSR count). The predicted octanol–water partition coefficient (Wildman–Crippen LogP) is 2.35. The Labute approximate surface area is 80.4 Å². The van der Waals surface area contributed by atoms with Crippen LogP contribution in [0, 0.1) is 13.8 Å². The Morgan fingerprint density at radius 1 is 1.15 bits per heavy atom. The Hall–Kier alpha value is -0.940. The third kappa shape index (κ3) is 1.57. The average molecular weight is 189 g/mol. The first kappa shape index (κ1) is 8.65. The highest BCUT2D eigenvalue weighted by Crippen LogP contribution is 2.14. The van der Waals surface area contributed by atoms with Crippen LogP contribution < -0.4 is 5.30 Å². The summed E-state index contributed by atoms with van der Waals surface area (Å²) in [5, 5.41) is 2.40. The molecule has 0 aliphatic carbocycles. The van der Waals surface area contributed by atoms with Gasteiger partial charge in [0, 0.05) is 11.1 Å². The van der Waals surface area contributed by atoms with E-state index in [0.29, 0.717) is 0 Å². The van der Waals surface area contributed by atoms with Gasteiger partial charge in [-0.3, -0.25) is 4.98 Å². The summed E-state index contributed by atoms with van der Waals surface area (Å²) in [6.45, 7) is 4.13. The molecule has 2 heteroatoms. The Morgan fingerprint density at radius 3 is 2.69 bits per heavy atom. The van der Waals surface area contributed by atoms with Crippen LogP contribution in [0.4, 0.5) is 0 Å². The maximum absolute atomic E-state index is 4.50. The SMILES string of the molecule is Cc1ccc2nc(C)c(P)cc2c1. The van der Waals surface area contributed by atoms with Crippen LogP contribution in [0.15, 0.2) is 24.3 Å². The van der Waals surface area contributed by atoms with Crippen molar-refractivity contribution in [3.8, 4) is 0 Å². The lowest BCUT2D eigenvalue weighted by atomic mass is 10.1. The number of hydrogen-bond acceptors (Lipinski definition) is 1. The van der Waals surface area contributed by atoms with E-state index in [1.165, 1.54) is 16.3 Å². The Bertz CT molecular complexity index is 463. The van der Waals surface area contributed by atoms with Gasteiger partial charge < -0.3 is 0 Å². The third-order valence-corrected chi connectivity index (χ3v) is 2.78. The van der Waals surface area contributed by atoms with Gasteiger partial charge in [0.15, 0.2) is 0 Å². The fourth-order valence-electron chi connectivity index (χ4n) is 1.41. The summed E-state index contributed by atoms with van der Waals surface area (Å²) in [5.74, 6) is 0. The lowest BCUT2D eigenvalue weighted by Gasteiger charge is -2.03. The standard InChI is InChI=1S/C11H12NP/c1-7-3-4-10-9(5-7)6-11(13)8(2)12-10/h3-6H,13H2,1-2H3. The molecule has 0 aliphatic heterocycles. The molecule has 66 valence electrons. The molecule has 0 bridgehead atoms. The lowest BCUT2D eigenvalue weighted by molar-refractivity contribution is 1.28. The lowest BCUT2D eigenvalue weighted by Crippen LogP contribution is -2.00. The van der Waals surface area contributed by atoms with Crippen molar-refractivity contribution >= 4 is 25.4 Å². The molecule has 1 atom stereocenters. The van der Waals surface area contributed by atoms with Gasteiger partial charge in [0.1, 0.15) is 0 Å². The number of pyridine rings is 1. The van der Waals surface area contributed by atoms with Crippen molar-refractivity contribution in [3.05, 3.63) is 35.5 Å². The molecule has 0 saturated heterocycles. The van der Waals surface area contributed by atoms with Gasteiger partial charge in [-0.1, -0.05) is 11.6 Å². The van der Waals surface area contributed by atoms with Gasteiger partial charge in [-0.25, -0.2) is 0 Å². The second kappa shape index (κ2) is 3.08. The van der Waals surface area contributed by atoms with Crippen LogP contribution >= 0.6 is 9.24 Å². The van der Waals surface area contributed by atoms with Crippen LogP contribution in [0.1, 0.15) is 11.3 Å². The fourth-order valence-corrected chi connectivity index (χ4v) is 1.65. The van der Waals surface area contributed by atoms with Crippen LogP contribution in [0.25, 0.3) is 10.9 Å². The molecule has 0 spiro atoms. The quantitative estimate of drug-likeness (QED) is 0.580. The summed E-state index contributed by atoms with van der Waals surface area (Å²) in [6, 6.07) is 8.49. The van der Waals surface area contributed by atoms with E-state index in [1.807, 2.05) is 6.92 Å². The summed E-state index contributed by atoms with van der Waals surface area (Å²) in [5.41, 5.74) is 3.44. The monoisotopic (exact) mass is 189 g/mol. The van der Waals surface area contributed by atoms with Crippen molar-refractivity contribution in [1.29, 1.82) is 0 Å². The molecular formula is C11H12NP. The molecular weight excluding hydrogens is 177 g/mol. The molecule has 0 radical (unpaired) electrons. The van der Waals surface area contributed by atoms with Crippen molar-refractivity contribution in [2.24, 2.45) is 0 Å². The van der Waals surface area contributed by atoms with Gasteiger partial charge in [0.2, 0.25) is 0 Å². The fraction of sp³-hybridized carbons (Fsp3) is 0.182. The Balaban J connectivity index is 2.81. The minimum absolute atomic E-state index is 1.08. The van der Waals surface area contributed by atoms with E-state index in [-0.39, 0.29) is 0 Å². The molecule has 1 aromatic heterocycles. The van der Waals surface area contributed by atoms with E-state index >= 15 is 0 Å². The average Bonchev–Trinajstić information content (AvgIpc) is 2.08. The van der Waals surface area contributed by atoms with Crippen molar-refractivity contribution in [3.63, 3.8) is 0 Å². The molecule has 0 N–H and O–H groups in total. The van der Waals surface area contributed by atoms with Crippen LogP contribution in [-0.2, 0) is 0 Å². The maximum atomic E-state index is 4.50. The summed E-state index contributed by atoms with van der Waals surface area (Å²) in [6.07, 6.45) is 0. The second-order valence-electron chi connectivity index (χ2n) is 3.36. The molecule has 0 fully saturated rings. The number of hydrogen-bond donors (Lipinski definition) is 0. The smallest absolute Gasteiger partial charge is 0.0705 e. The number of aryl methyl sites for hydroxylation is 2. The largest absolute Gasteiger partial charge is 0.252 e. The topological polar surface area (TPSA) is 12.9 Å². The van der Waals surface area contributed by atoms with E-state index in [4.69, 9.17) is 0 Å². The van der Waals surface area contributed by atoms with E-state index in [1.54, 1.807) is 0 Å². The zero-order chi connectivity index (χ0) is 9.42. The van der Waals surface area contributed by atoms with Gasteiger partial charge in [-0.2, -0.15) is 0 Å². The highest BCUT2D eigenvalue weighted by molar-refractivity contribution is 7.27. The Morgan fingerprint density at radius 2 is 1.92 bits per heavy atom. The first-order valence-corrected chi connectivity index (χ1v) is 4.88. The molecule has 1 aromatic carbocycles. The zero-order valence-electron chi connectivity index (χ0n) is 7.83. The van der Waals surface area contributed by atoms with Gasteiger partial charge in [0.25, 0.3) is 0 Å². The molecule has 0 amide bonds. The van der Waals surface area contributed by atoms with E-state index in [9.17, 15) is 0 Å². The van der Waals surface area contributed by atoms with Crippen LogP contribution in [0.2, 0.25) is 0 Å². The predicted molar refractivity (Wildman–Crippen MR) is 60.6 cm³/mol. The summed E-state index contributed by atoms with van der Waals surface area (Å²) >= 11 is 0. The number of nitrogens with zero attached hydrogens (tertiary/aromatic N) is 1. The van der Waals surface area contributed by atoms with Crippen LogP contribution in [0.5, 0.6) is 0 Å². The van der Waals surface area contributed by atoms with Crippen molar-refractivity contribution in [2.45, 2.75) is 13.8 Å². The van der Waals surface area contributed by atoms with Gasteiger partial charge in [-0.05, 0) is 37.4 Å². The van der Waals surface area contributed by atoms with Crippen LogP contribution in [0.3, 0.4) is 0 Å². The number of benzene rings is 1. The van der Waals surface area contributed by atoms with Crippen molar-refractivity contribution < 1.29 is 0 Å². The van der Waals surface area contributed by atoms with Crippen LogP contribution in [-0.4, -0.2) is 4.98 Å². The van der Waals surface area contributed by atoms with E-state index in [0.717, 1.165) is 11.2 Å². The summed E-state index contributed by atoms with van der Waals surface area (Å²) < 4.78 is 0. The molecule has 2 aromatic rings. The number of rotatable bonds is 0. The summed E-state index contributed by atoms with van der Waals surface area (Å²) in [4.78, 5) is 4.50. The minimum atomic E-state index is 1.08. The van der Waals surface area contributed by atoms with Gasteiger partial charge >= 0.3 is 0 Å².